The van der Waals surface area contributed by atoms with Gasteiger partial charge in [0, 0.05) is 17.7 Å². The van der Waals surface area contributed by atoms with Crippen LogP contribution in [0.5, 0.6) is 5.75 Å². The van der Waals surface area contributed by atoms with Gasteiger partial charge in [0.25, 0.3) is 11.8 Å². The Balaban J connectivity index is 1.70. The molecule has 4 rings (SSSR count). The van der Waals surface area contributed by atoms with Crippen LogP contribution < -0.4 is 15.0 Å². The van der Waals surface area contributed by atoms with Crippen LogP contribution in [0.3, 0.4) is 0 Å². The van der Waals surface area contributed by atoms with Gasteiger partial charge in [0.05, 0.1) is 23.5 Å². The van der Waals surface area contributed by atoms with E-state index in [0.717, 1.165) is 23.8 Å². The highest BCUT2D eigenvalue weighted by Gasteiger charge is 2.73. The Kier molecular flexibility index (Phi) is 9.04. The van der Waals surface area contributed by atoms with E-state index in [9.17, 15) is 49.1 Å². The summed E-state index contributed by atoms with van der Waals surface area (Å²) < 4.78 is 140. The van der Waals surface area contributed by atoms with Gasteiger partial charge in [0.1, 0.15) is 5.75 Å². The van der Waals surface area contributed by atoms with E-state index in [1.165, 1.54) is 36.4 Å². The first-order valence-corrected chi connectivity index (χ1v) is 12.8. The molecular formula is C29H19F10N3O3. The number of anilines is 2. The number of benzene rings is 3. The van der Waals surface area contributed by atoms with Crippen LogP contribution in [0.1, 0.15) is 39.1 Å². The van der Waals surface area contributed by atoms with Crippen molar-refractivity contribution >= 4 is 28.9 Å². The zero-order chi connectivity index (χ0) is 33.3. The Morgan fingerprint density at radius 2 is 1.58 bits per heavy atom. The van der Waals surface area contributed by atoms with Crippen LogP contribution in [-0.2, 0) is 5.67 Å². The summed E-state index contributed by atoms with van der Waals surface area (Å²) in [6, 6.07) is 8.62. The molecule has 0 aliphatic heterocycles. The molecule has 3 aromatic rings. The topological polar surface area (TPSA) is 63.0 Å². The van der Waals surface area contributed by atoms with Gasteiger partial charge >= 0.3 is 24.6 Å². The Morgan fingerprint density at radius 3 is 2.11 bits per heavy atom. The lowest BCUT2D eigenvalue weighted by Gasteiger charge is -2.30. The zero-order valence-corrected chi connectivity index (χ0v) is 22.4. The first-order valence-electron chi connectivity index (χ1n) is 12.8. The lowest BCUT2D eigenvalue weighted by molar-refractivity contribution is -0.348. The second-order valence-corrected chi connectivity index (χ2v) is 9.85. The SMILES string of the molecule is [C-]#[N+]c1ccc(C(=O)N(CC2CC2)c2cccc(C(=O)Nc3ccc(C(F)(C(F)(F)F)C(F)(F)F)cc3OC(F)F)c2F)cc1. The average molecular weight is 647 g/mol. The number of nitrogens with zero attached hydrogens (tertiary/aromatic N) is 2. The van der Waals surface area contributed by atoms with Crippen molar-refractivity contribution in [1.29, 1.82) is 0 Å². The lowest BCUT2D eigenvalue weighted by Crippen LogP contribution is -2.50. The van der Waals surface area contributed by atoms with Crippen molar-refractivity contribution in [3.8, 4) is 5.75 Å². The van der Waals surface area contributed by atoms with Gasteiger partial charge < -0.3 is 15.0 Å². The number of amides is 2. The van der Waals surface area contributed by atoms with Crippen molar-refractivity contribution < 1.29 is 58.2 Å². The molecule has 0 saturated heterocycles. The number of rotatable bonds is 9. The third-order valence-corrected chi connectivity index (χ3v) is 6.76. The normalized spacial score (nSPS) is 13.7. The minimum absolute atomic E-state index is 0.0111. The lowest BCUT2D eigenvalue weighted by atomic mass is 9.93. The molecule has 0 atom stereocenters. The largest absolute Gasteiger partial charge is 0.435 e. The molecule has 6 nitrogen and oxygen atoms in total. The number of halogens is 10. The van der Waals surface area contributed by atoms with Gasteiger partial charge in [-0.1, -0.05) is 36.4 Å². The number of carbonyl (C=O) groups excluding carboxylic acids is 2. The van der Waals surface area contributed by atoms with Crippen molar-refractivity contribution in [2.24, 2.45) is 5.92 Å². The number of alkyl halides is 9. The molecule has 0 aromatic heterocycles. The van der Waals surface area contributed by atoms with Gasteiger partial charge in [-0.25, -0.2) is 13.6 Å². The minimum Gasteiger partial charge on any atom is -0.433 e. The van der Waals surface area contributed by atoms with Gasteiger partial charge in [0.15, 0.2) is 11.5 Å². The molecule has 16 heteroatoms. The van der Waals surface area contributed by atoms with E-state index >= 15 is 4.39 Å². The molecule has 0 unspecified atom stereocenters. The Hall–Kier alpha value is -4.81. The molecule has 0 spiro atoms. The summed E-state index contributed by atoms with van der Waals surface area (Å²) in [5.41, 5.74) is -9.92. The van der Waals surface area contributed by atoms with Gasteiger partial charge in [0.2, 0.25) is 0 Å². The molecule has 0 bridgehead atoms. The summed E-state index contributed by atoms with van der Waals surface area (Å²) in [4.78, 5) is 30.7. The summed E-state index contributed by atoms with van der Waals surface area (Å²) in [5.74, 6) is -4.83. The summed E-state index contributed by atoms with van der Waals surface area (Å²) in [5, 5.41) is 1.87. The number of hydrogen-bond donors (Lipinski definition) is 1. The molecule has 0 heterocycles. The van der Waals surface area contributed by atoms with Crippen LogP contribution in [0.15, 0.2) is 60.7 Å². The third-order valence-electron chi connectivity index (χ3n) is 6.76. The highest BCUT2D eigenvalue weighted by Crippen LogP contribution is 2.54. The molecule has 0 radical (unpaired) electrons. The molecular weight excluding hydrogens is 628 g/mol. The van der Waals surface area contributed by atoms with Crippen LogP contribution in [0.4, 0.5) is 61.0 Å². The number of carbonyl (C=O) groups is 2. The molecule has 1 N–H and O–H groups in total. The van der Waals surface area contributed by atoms with Crippen molar-refractivity contribution in [3.05, 3.63) is 94.6 Å². The fourth-order valence-electron chi connectivity index (χ4n) is 4.30. The molecule has 3 aromatic carbocycles. The fraction of sp³-hybridized carbons (Fsp3) is 0.276. The maximum Gasteiger partial charge on any atom is 0.435 e. The molecule has 45 heavy (non-hydrogen) atoms. The van der Waals surface area contributed by atoms with E-state index in [0.29, 0.717) is 0 Å². The van der Waals surface area contributed by atoms with Crippen LogP contribution in [-0.4, -0.2) is 37.3 Å². The van der Waals surface area contributed by atoms with Gasteiger partial charge in [-0.15, -0.1) is 0 Å². The van der Waals surface area contributed by atoms with Gasteiger partial charge in [-0.2, -0.15) is 35.1 Å². The van der Waals surface area contributed by atoms with Crippen LogP contribution in [0.2, 0.25) is 0 Å². The van der Waals surface area contributed by atoms with Crippen molar-refractivity contribution in [2.45, 2.75) is 37.5 Å². The molecule has 238 valence electrons. The van der Waals surface area contributed by atoms with Gasteiger partial charge in [-0.05, 0) is 43.0 Å². The molecule has 1 saturated carbocycles. The number of ether oxygens (including phenoxy) is 1. The van der Waals surface area contributed by atoms with Crippen LogP contribution in [0.25, 0.3) is 4.85 Å². The summed E-state index contributed by atoms with van der Waals surface area (Å²) in [6.45, 7) is 3.24. The molecule has 1 aliphatic rings. The Bertz CT molecular complexity index is 1610. The summed E-state index contributed by atoms with van der Waals surface area (Å²) in [7, 11) is 0. The number of hydrogen-bond acceptors (Lipinski definition) is 3. The highest BCUT2D eigenvalue weighted by atomic mass is 19.4. The second kappa shape index (κ2) is 12.3. The van der Waals surface area contributed by atoms with E-state index in [-0.39, 0.29) is 47.6 Å². The van der Waals surface area contributed by atoms with Crippen molar-refractivity contribution in [2.75, 3.05) is 16.8 Å². The van der Waals surface area contributed by atoms with Crippen LogP contribution >= 0.6 is 0 Å². The minimum atomic E-state index is -6.57. The van der Waals surface area contributed by atoms with E-state index in [1.807, 2.05) is 5.32 Å². The van der Waals surface area contributed by atoms with Crippen molar-refractivity contribution in [3.63, 3.8) is 0 Å². The van der Waals surface area contributed by atoms with Crippen LogP contribution in [0, 0.1) is 18.3 Å². The maximum atomic E-state index is 15.8. The first kappa shape index (κ1) is 33.1. The van der Waals surface area contributed by atoms with Crippen molar-refractivity contribution in [1.82, 2.24) is 0 Å². The standard InChI is InChI=1S/C29H19F10N3O3/c1-40-18-10-7-16(8-11-18)25(44)42(14-15-5-6-15)21-4-2-3-19(23(21)30)24(43)41-20-12-9-17(13-22(20)45-26(31)32)27(33,28(34,35)36)29(37,38)39/h2-4,7-13,15,26H,5-6,14H2,(H,41,43). The fourth-order valence-corrected chi connectivity index (χ4v) is 4.30. The molecule has 2 amide bonds. The van der Waals surface area contributed by atoms with E-state index in [4.69, 9.17) is 6.57 Å². The Morgan fingerprint density at radius 1 is 0.956 bits per heavy atom. The predicted octanol–water partition coefficient (Wildman–Crippen LogP) is 8.58. The summed E-state index contributed by atoms with van der Waals surface area (Å²) >= 11 is 0. The first-order chi connectivity index (χ1) is 21.0. The quantitative estimate of drug-likeness (QED) is 0.187. The maximum absolute atomic E-state index is 15.8. The molecule has 1 aliphatic carbocycles. The number of nitrogens with one attached hydrogen (secondary N) is 1. The Labute approximate surface area is 248 Å². The predicted molar refractivity (Wildman–Crippen MR) is 139 cm³/mol. The zero-order valence-electron chi connectivity index (χ0n) is 22.4. The smallest absolute Gasteiger partial charge is 0.433 e. The third kappa shape index (κ3) is 6.81. The summed E-state index contributed by atoms with van der Waals surface area (Å²) in [6.07, 6.45) is -11.7. The van der Waals surface area contributed by atoms with E-state index < -0.39 is 64.8 Å². The molecule has 1 fully saturated rings. The highest BCUT2D eigenvalue weighted by molar-refractivity contribution is 6.09. The van der Waals surface area contributed by atoms with E-state index in [1.54, 1.807) is 0 Å². The monoisotopic (exact) mass is 647 g/mol. The average Bonchev–Trinajstić information content (AvgIpc) is 3.79. The van der Waals surface area contributed by atoms with Gasteiger partial charge in [-0.3, -0.25) is 9.59 Å². The second-order valence-electron chi connectivity index (χ2n) is 9.85. The van der Waals surface area contributed by atoms with E-state index in [2.05, 4.69) is 9.58 Å².